The van der Waals surface area contributed by atoms with Crippen molar-refractivity contribution in [3.8, 4) is 5.75 Å². The number of carbonyl (C=O) groups is 3. The van der Waals surface area contributed by atoms with Crippen LogP contribution in [-0.2, 0) is 27.5 Å². The maximum absolute atomic E-state index is 13.6. The predicted octanol–water partition coefficient (Wildman–Crippen LogP) is 4.14. The molecule has 0 aromatic heterocycles. The van der Waals surface area contributed by atoms with Crippen LogP contribution in [-0.4, -0.2) is 64.0 Å². The lowest BCUT2D eigenvalue weighted by atomic mass is 10.1. The lowest BCUT2D eigenvalue weighted by Crippen LogP contribution is -2.42. The Kier molecular flexibility index (Phi) is 8.79. The zero-order chi connectivity index (χ0) is 28.8. The first-order chi connectivity index (χ1) is 20.0. The highest BCUT2D eigenvalue weighted by Gasteiger charge is 2.42. The molecule has 3 aromatic carbocycles. The van der Waals surface area contributed by atoms with E-state index < -0.39 is 6.04 Å². The molecule has 210 valence electrons. The molecule has 0 saturated heterocycles. The number of hydrogen-bond donors (Lipinski definition) is 1. The van der Waals surface area contributed by atoms with Crippen molar-refractivity contribution in [2.24, 2.45) is 9.98 Å². The molecule has 0 bridgehead atoms. The van der Waals surface area contributed by atoms with Crippen molar-refractivity contribution in [1.29, 1.82) is 0 Å². The number of fused-ring (bicyclic) bond motifs is 3. The number of hydrogen-bond acceptors (Lipinski definition) is 7. The Morgan fingerprint density at radius 1 is 1.02 bits per heavy atom. The number of methoxy groups -OCH3 is 1. The number of benzene rings is 3. The van der Waals surface area contributed by atoms with E-state index in [0.29, 0.717) is 41.1 Å². The second-order valence-corrected chi connectivity index (χ2v) is 10.5. The molecule has 2 aliphatic heterocycles. The van der Waals surface area contributed by atoms with E-state index in [2.05, 4.69) is 10.3 Å². The summed E-state index contributed by atoms with van der Waals surface area (Å²) in [4.78, 5) is 52.1. The summed E-state index contributed by atoms with van der Waals surface area (Å²) >= 11 is 1.20. The number of nitrogens with one attached hydrogen (secondary N) is 1. The zero-order valence-electron chi connectivity index (χ0n) is 22.9. The minimum atomic E-state index is -0.888. The van der Waals surface area contributed by atoms with Crippen LogP contribution >= 0.6 is 11.8 Å². The van der Waals surface area contributed by atoms with Crippen molar-refractivity contribution in [1.82, 2.24) is 15.1 Å². The van der Waals surface area contributed by atoms with Gasteiger partial charge in [0.1, 0.15) is 17.6 Å². The second-order valence-electron chi connectivity index (χ2n) is 9.53. The maximum atomic E-state index is 13.6. The van der Waals surface area contributed by atoms with Crippen LogP contribution in [0.15, 0.2) is 88.8 Å². The molecule has 1 unspecified atom stereocenters. The molecule has 1 atom stereocenters. The fourth-order valence-electron chi connectivity index (χ4n) is 4.72. The van der Waals surface area contributed by atoms with Gasteiger partial charge in [0.25, 0.3) is 5.91 Å². The van der Waals surface area contributed by atoms with Crippen molar-refractivity contribution in [2.45, 2.75) is 32.5 Å². The Morgan fingerprint density at radius 2 is 1.76 bits per heavy atom. The van der Waals surface area contributed by atoms with Gasteiger partial charge in [-0.25, -0.2) is 9.89 Å². The van der Waals surface area contributed by atoms with E-state index in [1.54, 1.807) is 12.0 Å². The van der Waals surface area contributed by atoms with Crippen LogP contribution in [0.2, 0.25) is 0 Å². The van der Waals surface area contributed by atoms with Crippen molar-refractivity contribution in [2.75, 3.05) is 19.4 Å². The number of thioether (sulfide) groups is 1. The molecule has 9 nitrogen and oxygen atoms in total. The normalized spacial score (nSPS) is 15.4. The Morgan fingerprint density at radius 3 is 2.54 bits per heavy atom. The van der Waals surface area contributed by atoms with E-state index in [1.807, 2.05) is 85.8 Å². The molecule has 3 amide bonds. The fraction of sp³-hybridized carbons (Fsp3) is 0.258. The van der Waals surface area contributed by atoms with Crippen molar-refractivity contribution in [3.63, 3.8) is 0 Å². The third-order valence-electron chi connectivity index (χ3n) is 6.87. The number of para-hydroxylation sites is 2. The van der Waals surface area contributed by atoms with Gasteiger partial charge in [-0.15, -0.1) is 0 Å². The molecule has 5 rings (SSSR count). The highest BCUT2D eigenvalue weighted by atomic mass is 32.2. The summed E-state index contributed by atoms with van der Waals surface area (Å²) in [5.74, 6) is 0.555. The number of amides is 3. The van der Waals surface area contributed by atoms with Crippen molar-refractivity contribution in [3.05, 3.63) is 95.6 Å². The van der Waals surface area contributed by atoms with E-state index in [0.717, 1.165) is 11.1 Å². The van der Waals surface area contributed by atoms with Crippen LogP contribution < -0.4 is 10.1 Å². The van der Waals surface area contributed by atoms with E-state index in [9.17, 15) is 14.4 Å². The van der Waals surface area contributed by atoms with E-state index >= 15 is 0 Å². The number of ether oxygens (including phenoxy) is 1. The Bertz CT molecular complexity index is 1510. The molecule has 0 aliphatic carbocycles. The molecule has 0 radical (unpaired) electrons. The minimum absolute atomic E-state index is 0.0553. The Labute approximate surface area is 243 Å². The van der Waals surface area contributed by atoms with Gasteiger partial charge in [-0.1, -0.05) is 72.4 Å². The van der Waals surface area contributed by atoms with Crippen molar-refractivity contribution >= 4 is 46.2 Å². The molecular weight excluding hydrogens is 538 g/mol. The lowest BCUT2D eigenvalue weighted by molar-refractivity contribution is -0.129. The Balaban J connectivity index is 1.28. The van der Waals surface area contributed by atoms with Gasteiger partial charge in [-0.3, -0.25) is 19.4 Å². The van der Waals surface area contributed by atoms with E-state index in [1.165, 1.54) is 16.7 Å². The monoisotopic (exact) mass is 569 g/mol. The van der Waals surface area contributed by atoms with Crippen LogP contribution in [0.25, 0.3) is 0 Å². The van der Waals surface area contributed by atoms with Gasteiger partial charge in [0.15, 0.2) is 5.17 Å². The standard InChI is InChI=1S/C31H31N5O4S/c1-3-35(19-21-11-5-4-6-12-21)28(38)20-41-31-34-24-15-9-8-14-23(24)29-33-25(30(39)36(29)31)17-27(37)32-18-22-13-7-10-16-26(22)40-2/h4-16,25H,3,17-20H2,1-2H3,(H,32,37). The van der Waals surface area contributed by atoms with Crippen LogP contribution in [0.3, 0.4) is 0 Å². The maximum Gasteiger partial charge on any atom is 0.259 e. The molecule has 41 heavy (non-hydrogen) atoms. The first kappa shape index (κ1) is 28.1. The number of aliphatic imine (C=N–C) groups is 2. The minimum Gasteiger partial charge on any atom is -0.496 e. The zero-order valence-corrected chi connectivity index (χ0v) is 23.8. The second kappa shape index (κ2) is 12.8. The van der Waals surface area contributed by atoms with Gasteiger partial charge in [0.05, 0.1) is 25.0 Å². The van der Waals surface area contributed by atoms with Crippen LogP contribution in [0.1, 0.15) is 30.0 Å². The highest BCUT2D eigenvalue weighted by Crippen LogP contribution is 2.34. The average Bonchev–Trinajstić information content (AvgIpc) is 3.33. The first-order valence-electron chi connectivity index (χ1n) is 13.4. The molecular formula is C31H31N5O4S. The summed E-state index contributed by atoms with van der Waals surface area (Å²) in [6.07, 6.45) is -0.103. The number of amidine groups is 2. The number of carbonyl (C=O) groups excluding carboxylic acids is 3. The molecule has 0 spiro atoms. The molecule has 0 fully saturated rings. The smallest absolute Gasteiger partial charge is 0.259 e. The Hall–Kier alpha value is -4.44. The average molecular weight is 570 g/mol. The quantitative estimate of drug-likeness (QED) is 0.395. The molecule has 0 saturated carbocycles. The number of rotatable bonds is 10. The van der Waals surface area contributed by atoms with Crippen LogP contribution in [0, 0.1) is 0 Å². The summed E-state index contributed by atoms with van der Waals surface area (Å²) in [5.41, 5.74) is 3.27. The van der Waals surface area contributed by atoms with Crippen LogP contribution in [0.5, 0.6) is 5.75 Å². The number of nitrogens with zero attached hydrogens (tertiary/aromatic N) is 4. The summed E-state index contributed by atoms with van der Waals surface area (Å²) in [7, 11) is 1.58. The van der Waals surface area contributed by atoms with Crippen molar-refractivity contribution < 1.29 is 19.1 Å². The molecule has 1 N–H and O–H groups in total. The molecule has 2 aliphatic rings. The summed E-state index contributed by atoms with van der Waals surface area (Å²) in [6.45, 7) is 3.28. The van der Waals surface area contributed by atoms with Gasteiger partial charge in [-0.05, 0) is 30.7 Å². The summed E-state index contributed by atoms with van der Waals surface area (Å²) in [5, 5.41) is 3.25. The third-order valence-corrected chi connectivity index (χ3v) is 7.79. The molecule has 10 heteroatoms. The van der Waals surface area contributed by atoms with Gasteiger partial charge in [0, 0.05) is 30.8 Å². The van der Waals surface area contributed by atoms with E-state index in [-0.39, 0.29) is 36.4 Å². The predicted molar refractivity (Wildman–Crippen MR) is 160 cm³/mol. The highest BCUT2D eigenvalue weighted by molar-refractivity contribution is 8.14. The van der Waals surface area contributed by atoms with Gasteiger partial charge in [0.2, 0.25) is 11.8 Å². The first-order valence-corrected chi connectivity index (χ1v) is 14.4. The lowest BCUT2D eigenvalue weighted by Gasteiger charge is -2.26. The SMILES string of the molecule is CCN(Cc1ccccc1)C(=O)CSC1=Nc2ccccc2C2=NC(CC(=O)NCc3ccccc3OC)C(=O)N12. The van der Waals surface area contributed by atoms with E-state index in [4.69, 9.17) is 9.73 Å². The topological polar surface area (TPSA) is 104 Å². The molecule has 2 heterocycles. The summed E-state index contributed by atoms with van der Waals surface area (Å²) < 4.78 is 5.35. The largest absolute Gasteiger partial charge is 0.496 e. The third kappa shape index (κ3) is 6.33. The van der Waals surface area contributed by atoms with Gasteiger partial charge < -0.3 is 15.0 Å². The van der Waals surface area contributed by atoms with Crippen LogP contribution in [0.4, 0.5) is 5.69 Å². The molecule has 3 aromatic rings. The summed E-state index contributed by atoms with van der Waals surface area (Å²) in [6, 6.07) is 23.8. The van der Waals surface area contributed by atoms with Gasteiger partial charge >= 0.3 is 0 Å². The fourth-order valence-corrected chi connectivity index (χ4v) is 5.62. The van der Waals surface area contributed by atoms with Gasteiger partial charge in [-0.2, -0.15) is 0 Å².